The topological polar surface area (TPSA) is 54.0 Å². The lowest BCUT2D eigenvalue weighted by Crippen LogP contribution is -2.23. The molecular weight excluding hydrogens is 338 g/mol. The van der Waals surface area contributed by atoms with E-state index in [-0.39, 0.29) is 11.9 Å². The van der Waals surface area contributed by atoms with Gasteiger partial charge in [0.2, 0.25) is 5.91 Å². The predicted octanol–water partition coefficient (Wildman–Crippen LogP) is 3.21. The van der Waals surface area contributed by atoms with Crippen LogP contribution in [-0.2, 0) is 4.79 Å². The summed E-state index contributed by atoms with van der Waals surface area (Å²) in [5, 5.41) is 5.92. The van der Waals surface area contributed by atoms with Crippen molar-refractivity contribution in [3.63, 3.8) is 0 Å². The number of anilines is 1. The molecular formula is C14H12BrN3OS. The highest BCUT2D eigenvalue weighted by molar-refractivity contribution is 9.10. The molecule has 0 aliphatic carbocycles. The Kier molecular flexibility index (Phi) is 3.78. The summed E-state index contributed by atoms with van der Waals surface area (Å²) in [6.07, 6.45) is 3.53. The van der Waals surface area contributed by atoms with Gasteiger partial charge in [0.15, 0.2) is 0 Å². The van der Waals surface area contributed by atoms with Gasteiger partial charge in [0.05, 0.1) is 0 Å². The lowest BCUT2D eigenvalue weighted by molar-refractivity contribution is -0.117. The number of amides is 1. The minimum absolute atomic E-state index is 0.0135. The normalized spacial score (nSPS) is 16.9. The van der Waals surface area contributed by atoms with Crippen LogP contribution >= 0.6 is 27.7 Å². The fourth-order valence-electron chi connectivity index (χ4n) is 2.16. The van der Waals surface area contributed by atoms with Crippen molar-refractivity contribution in [2.75, 3.05) is 12.4 Å². The van der Waals surface area contributed by atoms with Crippen molar-refractivity contribution in [1.29, 1.82) is 0 Å². The predicted molar refractivity (Wildman–Crippen MR) is 82.9 cm³/mol. The van der Waals surface area contributed by atoms with E-state index in [0.717, 1.165) is 25.5 Å². The second-order valence-electron chi connectivity index (χ2n) is 4.37. The molecule has 2 aromatic rings. The summed E-state index contributed by atoms with van der Waals surface area (Å²) in [6.45, 7) is 0. The average molecular weight is 350 g/mol. The molecule has 0 spiro atoms. The van der Waals surface area contributed by atoms with E-state index in [1.54, 1.807) is 31.2 Å². The number of fused-ring (bicyclic) bond motifs is 1. The van der Waals surface area contributed by atoms with Crippen LogP contribution in [0.25, 0.3) is 0 Å². The average Bonchev–Trinajstić information content (AvgIpc) is 2.75. The Morgan fingerprint density at radius 3 is 2.80 bits per heavy atom. The van der Waals surface area contributed by atoms with E-state index in [1.165, 1.54) is 0 Å². The molecule has 6 heteroatoms. The fraction of sp³-hybridized carbons (Fsp3) is 0.143. The molecule has 2 N–H and O–H groups in total. The van der Waals surface area contributed by atoms with Crippen molar-refractivity contribution in [2.24, 2.45) is 0 Å². The van der Waals surface area contributed by atoms with E-state index >= 15 is 0 Å². The van der Waals surface area contributed by atoms with Crippen LogP contribution in [0, 0.1) is 0 Å². The Hall–Kier alpha value is -1.37. The number of halogens is 1. The molecule has 1 aromatic heterocycles. The van der Waals surface area contributed by atoms with Crippen LogP contribution in [-0.4, -0.2) is 17.9 Å². The number of aromatic nitrogens is 1. The lowest BCUT2D eigenvalue weighted by atomic mass is 10.1. The number of hydrogen-bond donors (Lipinski definition) is 2. The maximum absolute atomic E-state index is 11.8. The molecule has 1 atom stereocenters. The lowest BCUT2D eigenvalue weighted by Gasteiger charge is -2.10. The first-order valence-corrected chi connectivity index (χ1v) is 7.69. The van der Waals surface area contributed by atoms with Crippen molar-refractivity contribution in [3.8, 4) is 0 Å². The van der Waals surface area contributed by atoms with Crippen molar-refractivity contribution < 1.29 is 4.79 Å². The molecule has 20 heavy (non-hydrogen) atoms. The zero-order chi connectivity index (χ0) is 14.1. The second kappa shape index (κ2) is 5.55. The first-order chi connectivity index (χ1) is 9.69. The highest BCUT2D eigenvalue weighted by Gasteiger charge is 2.30. The quantitative estimate of drug-likeness (QED) is 0.893. The van der Waals surface area contributed by atoms with Gasteiger partial charge in [-0.15, -0.1) is 0 Å². The number of hydrogen-bond acceptors (Lipinski definition) is 4. The standard InChI is InChI=1S/C14H12BrN3OS/c1-16-13-9-6-10(15)12(7-11(9)18-14(13)19)20-8-2-4-17-5-3-8/h2-7,13,16H,1H3,(H,18,19). The maximum Gasteiger partial charge on any atom is 0.246 e. The SMILES string of the molecule is CNC1C(=O)Nc2cc(Sc3ccncc3)c(Br)cc21. The van der Waals surface area contributed by atoms with Gasteiger partial charge in [-0.3, -0.25) is 9.78 Å². The first kappa shape index (κ1) is 13.6. The molecule has 0 saturated carbocycles. The number of likely N-dealkylation sites (N-methyl/N-ethyl adjacent to an activating group) is 1. The van der Waals surface area contributed by atoms with E-state index in [0.29, 0.717) is 0 Å². The van der Waals surface area contributed by atoms with E-state index in [1.807, 2.05) is 24.3 Å². The zero-order valence-electron chi connectivity index (χ0n) is 10.7. The molecule has 0 fully saturated rings. The van der Waals surface area contributed by atoms with Gasteiger partial charge in [-0.2, -0.15) is 0 Å². The molecule has 1 aliphatic heterocycles. The Bertz CT molecular complexity index is 663. The first-order valence-electron chi connectivity index (χ1n) is 6.08. The number of nitrogens with one attached hydrogen (secondary N) is 2. The highest BCUT2D eigenvalue weighted by atomic mass is 79.9. The molecule has 1 unspecified atom stereocenters. The third-order valence-corrected chi connectivity index (χ3v) is 5.09. The largest absolute Gasteiger partial charge is 0.324 e. The number of rotatable bonds is 3. The van der Waals surface area contributed by atoms with Gasteiger partial charge < -0.3 is 10.6 Å². The summed E-state index contributed by atoms with van der Waals surface area (Å²) in [4.78, 5) is 18.0. The molecule has 1 aliphatic rings. The van der Waals surface area contributed by atoms with Crippen LogP contribution in [0.4, 0.5) is 5.69 Å². The Labute approximate surface area is 129 Å². The molecule has 102 valence electrons. The third kappa shape index (κ3) is 2.46. The Morgan fingerprint density at radius 2 is 2.10 bits per heavy atom. The van der Waals surface area contributed by atoms with Crippen LogP contribution in [0.5, 0.6) is 0 Å². The van der Waals surface area contributed by atoms with Crippen LogP contribution in [0.1, 0.15) is 11.6 Å². The van der Waals surface area contributed by atoms with Gasteiger partial charge in [-0.1, -0.05) is 11.8 Å². The van der Waals surface area contributed by atoms with Gasteiger partial charge in [0.25, 0.3) is 0 Å². The summed E-state index contributed by atoms with van der Waals surface area (Å²) in [7, 11) is 1.78. The summed E-state index contributed by atoms with van der Waals surface area (Å²) in [5.41, 5.74) is 1.84. The van der Waals surface area contributed by atoms with Crippen LogP contribution < -0.4 is 10.6 Å². The van der Waals surface area contributed by atoms with Crippen molar-refractivity contribution in [3.05, 3.63) is 46.7 Å². The van der Waals surface area contributed by atoms with Gasteiger partial charge in [-0.05, 0) is 47.2 Å². The molecule has 4 nitrogen and oxygen atoms in total. The third-order valence-electron chi connectivity index (χ3n) is 3.10. The Balaban J connectivity index is 1.96. The number of carbonyl (C=O) groups excluding carboxylic acids is 1. The van der Waals surface area contributed by atoms with Gasteiger partial charge in [0.1, 0.15) is 6.04 Å². The summed E-state index contributed by atoms with van der Waals surface area (Å²) in [5.74, 6) is -0.0135. The van der Waals surface area contributed by atoms with Gasteiger partial charge >= 0.3 is 0 Å². The van der Waals surface area contributed by atoms with Crippen molar-refractivity contribution in [2.45, 2.75) is 15.8 Å². The molecule has 3 rings (SSSR count). The van der Waals surface area contributed by atoms with Gasteiger partial charge in [-0.25, -0.2) is 0 Å². The molecule has 1 amide bonds. The summed E-state index contributed by atoms with van der Waals surface area (Å²) in [6, 6.07) is 7.64. The maximum atomic E-state index is 11.8. The monoisotopic (exact) mass is 349 g/mol. The van der Waals surface area contributed by atoms with Gasteiger partial charge in [0, 0.05) is 37.9 Å². The van der Waals surface area contributed by atoms with Crippen LogP contribution in [0.3, 0.4) is 0 Å². The minimum atomic E-state index is -0.277. The van der Waals surface area contributed by atoms with Crippen LogP contribution in [0.2, 0.25) is 0 Å². The smallest absolute Gasteiger partial charge is 0.246 e. The van der Waals surface area contributed by atoms with E-state index in [4.69, 9.17) is 0 Å². The second-order valence-corrected chi connectivity index (χ2v) is 6.34. The number of pyridine rings is 1. The van der Waals surface area contributed by atoms with Crippen molar-refractivity contribution >= 4 is 39.3 Å². The highest BCUT2D eigenvalue weighted by Crippen LogP contribution is 2.41. The number of carbonyl (C=O) groups is 1. The summed E-state index contributed by atoms with van der Waals surface area (Å²) < 4.78 is 0.981. The zero-order valence-corrected chi connectivity index (χ0v) is 13.1. The Morgan fingerprint density at radius 1 is 1.35 bits per heavy atom. The fourth-order valence-corrected chi connectivity index (χ4v) is 3.61. The molecule has 2 heterocycles. The molecule has 0 radical (unpaired) electrons. The van der Waals surface area contributed by atoms with E-state index in [2.05, 4.69) is 31.5 Å². The van der Waals surface area contributed by atoms with Crippen molar-refractivity contribution in [1.82, 2.24) is 10.3 Å². The number of benzene rings is 1. The summed E-state index contributed by atoms with van der Waals surface area (Å²) >= 11 is 5.21. The molecule has 0 bridgehead atoms. The molecule has 0 saturated heterocycles. The van der Waals surface area contributed by atoms with E-state index < -0.39 is 0 Å². The van der Waals surface area contributed by atoms with Crippen LogP contribution in [0.15, 0.2) is 50.9 Å². The minimum Gasteiger partial charge on any atom is -0.324 e. The molecule has 1 aromatic carbocycles. The van der Waals surface area contributed by atoms with E-state index in [9.17, 15) is 4.79 Å². The number of nitrogens with zero attached hydrogens (tertiary/aromatic N) is 1.